The van der Waals surface area contributed by atoms with Crippen LogP contribution in [0.5, 0.6) is 0 Å². The number of nitrogens with one attached hydrogen (secondary N) is 1. The third-order valence-corrected chi connectivity index (χ3v) is 4.81. The molecule has 2 N–H and O–H groups in total. The second kappa shape index (κ2) is 9.11. The average molecular weight is 395 g/mol. The number of Topliss-reactive ketones (excluding diaryl/α,β-unsaturated/α-hetero) is 1. The van der Waals surface area contributed by atoms with Crippen LogP contribution in [-0.2, 0) is 25.6 Å². The molecular weight excluding hydrogens is 365 g/mol. The minimum absolute atomic E-state index is 0.000678. The Morgan fingerprint density at radius 1 is 1.29 bits per heavy atom. The van der Waals surface area contributed by atoms with Crippen LogP contribution < -0.4 is 5.32 Å². The number of aliphatic hydroxyl groups is 1. The van der Waals surface area contributed by atoms with Gasteiger partial charge in [0.1, 0.15) is 18.0 Å². The summed E-state index contributed by atoms with van der Waals surface area (Å²) >= 11 is 0. The van der Waals surface area contributed by atoms with Crippen molar-refractivity contribution < 1.29 is 28.6 Å². The maximum Gasteiger partial charge on any atom is 0.249 e. The van der Waals surface area contributed by atoms with Crippen LogP contribution in [0.1, 0.15) is 52.5 Å². The number of benzene rings is 1. The van der Waals surface area contributed by atoms with Gasteiger partial charge in [-0.3, -0.25) is 9.59 Å². The smallest absolute Gasteiger partial charge is 0.249 e. The molecule has 0 bridgehead atoms. The Morgan fingerprint density at radius 2 is 1.96 bits per heavy atom. The van der Waals surface area contributed by atoms with Crippen molar-refractivity contribution in [1.82, 2.24) is 5.32 Å². The second-order valence-corrected chi connectivity index (χ2v) is 8.36. The van der Waals surface area contributed by atoms with Crippen LogP contribution in [0.15, 0.2) is 24.3 Å². The van der Waals surface area contributed by atoms with Crippen LogP contribution >= 0.6 is 0 Å². The molecule has 2 atom stereocenters. The molecule has 1 saturated heterocycles. The molecule has 0 saturated carbocycles. The van der Waals surface area contributed by atoms with Gasteiger partial charge in [0.25, 0.3) is 0 Å². The SMILES string of the molecule is CC1(C)OCC(C)(C)[C@H](C(=O)CCCC(O)C(=O)NCc2ccccc2F)O1. The summed E-state index contributed by atoms with van der Waals surface area (Å²) in [6.45, 7) is 7.78. The van der Waals surface area contributed by atoms with E-state index in [1.54, 1.807) is 32.0 Å². The molecule has 0 radical (unpaired) electrons. The fraction of sp³-hybridized carbons (Fsp3) is 0.619. The van der Waals surface area contributed by atoms with Crippen molar-refractivity contribution in [2.24, 2.45) is 5.41 Å². The van der Waals surface area contributed by atoms with E-state index in [1.807, 2.05) is 13.8 Å². The van der Waals surface area contributed by atoms with Crippen molar-refractivity contribution in [3.63, 3.8) is 0 Å². The van der Waals surface area contributed by atoms with Crippen LogP contribution in [0, 0.1) is 11.2 Å². The zero-order valence-corrected chi connectivity index (χ0v) is 17.0. The van der Waals surface area contributed by atoms with Crippen LogP contribution in [-0.4, -0.2) is 41.4 Å². The lowest BCUT2D eigenvalue weighted by molar-refractivity contribution is -0.303. The third kappa shape index (κ3) is 6.09. The van der Waals surface area contributed by atoms with Gasteiger partial charge in [-0.1, -0.05) is 32.0 Å². The molecule has 0 aliphatic carbocycles. The number of amides is 1. The van der Waals surface area contributed by atoms with Crippen LogP contribution in [0.3, 0.4) is 0 Å². The van der Waals surface area contributed by atoms with Crippen molar-refractivity contribution >= 4 is 11.7 Å². The largest absolute Gasteiger partial charge is 0.383 e. The van der Waals surface area contributed by atoms with Crippen molar-refractivity contribution in [2.45, 2.75) is 71.5 Å². The highest BCUT2D eigenvalue weighted by molar-refractivity contribution is 5.84. The number of ether oxygens (including phenoxy) is 2. The predicted molar refractivity (Wildman–Crippen MR) is 102 cm³/mol. The molecule has 156 valence electrons. The van der Waals surface area contributed by atoms with Gasteiger partial charge in [0.2, 0.25) is 5.91 Å². The molecule has 6 nitrogen and oxygen atoms in total. The summed E-state index contributed by atoms with van der Waals surface area (Å²) in [5.41, 5.74) is -0.0951. The van der Waals surface area contributed by atoms with Crippen LogP contribution in [0.25, 0.3) is 0 Å². The maximum absolute atomic E-state index is 13.6. The first-order valence-corrected chi connectivity index (χ1v) is 9.55. The first kappa shape index (κ1) is 22.5. The van der Waals surface area contributed by atoms with Crippen molar-refractivity contribution in [1.29, 1.82) is 0 Å². The summed E-state index contributed by atoms with van der Waals surface area (Å²) in [5, 5.41) is 12.5. The van der Waals surface area contributed by atoms with Crippen molar-refractivity contribution in [2.75, 3.05) is 6.61 Å². The topological polar surface area (TPSA) is 84.9 Å². The van der Waals surface area contributed by atoms with Gasteiger partial charge in [0.05, 0.1) is 6.61 Å². The lowest BCUT2D eigenvalue weighted by Crippen LogP contribution is -2.53. The van der Waals surface area contributed by atoms with E-state index in [-0.39, 0.29) is 25.2 Å². The van der Waals surface area contributed by atoms with E-state index in [4.69, 9.17) is 9.47 Å². The molecule has 28 heavy (non-hydrogen) atoms. The average Bonchev–Trinajstić information content (AvgIpc) is 2.62. The van der Waals surface area contributed by atoms with E-state index < -0.39 is 35.1 Å². The van der Waals surface area contributed by atoms with E-state index in [9.17, 15) is 19.1 Å². The van der Waals surface area contributed by atoms with Crippen molar-refractivity contribution in [3.8, 4) is 0 Å². The number of rotatable bonds is 8. The molecular formula is C21H30FNO5. The standard InChI is InChI=1S/C21H30FNO5/c1-20(2)13-27-21(3,4)28-18(20)16(24)10-7-11-17(25)19(26)23-12-14-8-5-6-9-15(14)22/h5-6,8-9,17-18,25H,7,10-13H2,1-4H3,(H,23,26)/t17?,18-/m0/s1. The Balaban J connectivity index is 1.77. The van der Waals surface area contributed by atoms with Crippen molar-refractivity contribution in [3.05, 3.63) is 35.6 Å². The predicted octanol–water partition coefficient (Wildman–Crippen LogP) is 2.72. The molecule has 1 heterocycles. The lowest BCUT2D eigenvalue weighted by Gasteiger charge is -2.45. The van der Waals surface area contributed by atoms with E-state index >= 15 is 0 Å². The highest BCUT2D eigenvalue weighted by atomic mass is 19.1. The summed E-state index contributed by atoms with van der Waals surface area (Å²) in [7, 11) is 0. The molecule has 1 aliphatic heterocycles. The maximum atomic E-state index is 13.6. The number of hydrogen-bond acceptors (Lipinski definition) is 5. The monoisotopic (exact) mass is 395 g/mol. The quantitative estimate of drug-likeness (QED) is 0.707. The molecule has 0 spiro atoms. The van der Waals surface area contributed by atoms with Crippen LogP contribution in [0.4, 0.5) is 4.39 Å². The molecule has 1 aliphatic rings. The number of ketones is 1. The Bertz CT molecular complexity index is 704. The molecule has 1 aromatic carbocycles. The number of hydrogen-bond donors (Lipinski definition) is 2. The summed E-state index contributed by atoms with van der Waals surface area (Å²) < 4.78 is 25.0. The molecule has 0 aromatic heterocycles. The molecule has 2 rings (SSSR count). The Morgan fingerprint density at radius 3 is 2.64 bits per heavy atom. The minimum Gasteiger partial charge on any atom is -0.383 e. The number of carbonyl (C=O) groups excluding carboxylic acids is 2. The van der Waals surface area contributed by atoms with Gasteiger partial charge in [-0.05, 0) is 32.8 Å². The van der Waals surface area contributed by atoms with Gasteiger partial charge < -0.3 is 19.9 Å². The highest BCUT2D eigenvalue weighted by Crippen LogP contribution is 2.36. The number of carbonyl (C=O) groups is 2. The Kier molecular flexibility index (Phi) is 7.31. The Labute approximate surface area is 165 Å². The van der Waals surface area contributed by atoms with Gasteiger partial charge in [-0.2, -0.15) is 0 Å². The molecule has 1 aromatic rings. The van der Waals surface area contributed by atoms with Gasteiger partial charge in [-0.15, -0.1) is 0 Å². The summed E-state index contributed by atoms with van der Waals surface area (Å²) in [6.07, 6.45) is -1.16. The van der Waals surface area contributed by atoms with E-state index in [2.05, 4.69) is 5.32 Å². The molecule has 1 unspecified atom stereocenters. The zero-order valence-electron chi connectivity index (χ0n) is 17.0. The highest BCUT2D eigenvalue weighted by Gasteiger charge is 2.45. The third-order valence-electron chi connectivity index (χ3n) is 4.81. The lowest BCUT2D eigenvalue weighted by atomic mass is 9.82. The summed E-state index contributed by atoms with van der Waals surface area (Å²) in [5.74, 6) is -1.88. The van der Waals surface area contributed by atoms with E-state index in [0.29, 0.717) is 18.6 Å². The molecule has 1 fully saturated rings. The number of halogens is 1. The van der Waals surface area contributed by atoms with Gasteiger partial charge >= 0.3 is 0 Å². The zero-order chi connectivity index (χ0) is 20.9. The first-order chi connectivity index (χ1) is 13.0. The van der Waals surface area contributed by atoms with Gasteiger partial charge in [0.15, 0.2) is 11.6 Å². The summed E-state index contributed by atoms with van der Waals surface area (Å²) in [6, 6.07) is 6.12. The Hall–Kier alpha value is -1.83. The summed E-state index contributed by atoms with van der Waals surface area (Å²) in [4.78, 5) is 24.6. The minimum atomic E-state index is -1.25. The normalized spacial score (nSPS) is 21.7. The van der Waals surface area contributed by atoms with Gasteiger partial charge in [-0.25, -0.2) is 4.39 Å². The van der Waals surface area contributed by atoms with E-state index in [0.717, 1.165) is 0 Å². The fourth-order valence-corrected chi connectivity index (χ4v) is 3.09. The second-order valence-electron chi connectivity index (χ2n) is 8.36. The molecule has 1 amide bonds. The van der Waals surface area contributed by atoms with Crippen LogP contribution in [0.2, 0.25) is 0 Å². The fourth-order valence-electron chi connectivity index (χ4n) is 3.09. The number of aliphatic hydroxyl groups excluding tert-OH is 1. The molecule has 7 heteroatoms. The first-order valence-electron chi connectivity index (χ1n) is 9.55. The van der Waals surface area contributed by atoms with E-state index in [1.165, 1.54) is 6.07 Å². The van der Waals surface area contributed by atoms with Gasteiger partial charge in [0, 0.05) is 23.9 Å².